The number of halogens is 3. The normalized spacial score (nSPS) is 10.3. The van der Waals surface area contributed by atoms with E-state index in [0.717, 1.165) is 6.21 Å². The van der Waals surface area contributed by atoms with Crippen molar-refractivity contribution in [2.75, 3.05) is 0 Å². The number of non-ortho nitro benzene ring substituents is 1. The monoisotopic (exact) mass is 287 g/mol. The Bertz CT molecular complexity index is 566. The average Bonchev–Trinajstić information content (AvgIpc) is 2.39. The van der Waals surface area contributed by atoms with Gasteiger partial charge >= 0.3 is 6.08 Å². The van der Waals surface area contributed by atoms with Crippen LogP contribution in [0.25, 0.3) is 0 Å². The maximum atomic E-state index is 12.4. The summed E-state index contributed by atoms with van der Waals surface area (Å²) in [7, 11) is 0. The lowest BCUT2D eigenvalue weighted by Gasteiger charge is -1.97. The van der Waals surface area contributed by atoms with Gasteiger partial charge in [0.15, 0.2) is 5.83 Å². The summed E-state index contributed by atoms with van der Waals surface area (Å²) < 4.78 is 35.8. The van der Waals surface area contributed by atoms with E-state index in [9.17, 15) is 28.1 Å². The predicted octanol–water partition coefficient (Wildman–Crippen LogP) is 2.51. The molecule has 1 aromatic carbocycles. The van der Waals surface area contributed by atoms with E-state index < -0.39 is 29.2 Å². The zero-order valence-corrected chi connectivity index (χ0v) is 9.85. The number of hydrogen-bond donors (Lipinski definition) is 1. The fraction of sp³-hybridized carbons (Fsp3) is 0.0909. The first-order chi connectivity index (χ1) is 9.40. The van der Waals surface area contributed by atoms with Gasteiger partial charge in [0.1, 0.15) is 0 Å². The minimum atomic E-state index is -2.56. The van der Waals surface area contributed by atoms with Crippen LogP contribution in [-0.2, 0) is 4.79 Å². The van der Waals surface area contributed by atoms with Gasteiger partial charge in [-0.05, 0) is 17.7 Å². The third-order valence-electron chi connectivity index (χ3n) is 2.03. The number of nitrogens with one attached hydrogen (secondary N) is 1. The molecule has 9 heteroatoms. The summed E-state index contributed by atoms with van der Waals surface area (Å²) >= 11 is 0. The minimum absolute atomic E-state index is 0.114. The van der Waals surface area contributed by atoms with Gasteiger partial charge < -0.3 is 0 Å². The van der Waals surface area contributed by atoms with Crippen LogP contribution in [0, 0.1) is 10.1 Å². The van der Waals surface area contributed by atoms with Crippen molar-refractivity contribution in [3.05, 3.63) is 51.9 Å². The lowest BCUT2D eigenvalue weighted by atomic mass is 10.2. The number of nitro benzene ring substituents is 1. The van der Waals surface area contributed by atoms with E-state index in [2.05, 4.69) is 5.10 Å². The SMILES string of the molecule is O=C(CC(F)=C(F)F)N/N=C/c1ccc([N+](=O)[O-])cc1. The van der Waals surface area contributed by atoms with Gasteiger partial charge in [0.25, 0.3) is 5.69 Å². The third-order valence-corrected chi connectivity index (χ3v) is 2.03. The fourth-order valence-electron chi connectivity index (χ4n) is 1.11. The summed E-state index contributed by atoms with van der Waals surface area (Å²) in [6.07, 6.45) is -2.53. The van der Waals surface area contributed by atoms with Crippen LogP contribution in [0.2, 0.25) is 0 Å². The first kappa shape index (κ1) is 15.3. The quantitative estimate of drug-likeness (QED) is 0.513. The zero-order chi connectivity index (χ0) is 15.1. The molecule has 0 spiro atoms. The van der Waals surface area contributed by atoms with E-state index in [-0.39, 0.29) is 5.69 Å². The van der Waals surface area contributed by atoms with Gasteiger partial charge in [0.2, 0.25) is 5.91 Å². The number of rotatable bonds is 5. The van der Waals surface area contributed by atoms with Crippen LogP contribution in [0.1, 0.15) is 12.0 Å². The first-order valence-electron chi connectivity index (χ1n) is 5.16. The Balaban J connectivity index is 2.55. The van der Waals surface area contributed by atoms with Crippen LogP contribution in [0.5, 0.6) is 0 Å². The summed E-state index contributed by atoms with van der Waals surface area (Å²) in [4.78, 5) is 20.8. The first-order valence-corrected chi connectivity index (χ1v) is 5.16. The molecule has 1 amide bonds. The summed E-state index contributed by atoms with van der Waals surface area (Å²) in [6.45, 7) is 0. The average molecular weight is 287 g/mol. The Morgan fingerprint density at radius 1 is 1.30 bits per heavy atom. The number of carbonyl (C=O) groups is 1. The molecule has 1 N–H and O–H groups in total. The Labute approximate surface area is 110 Å². The highest BCUT2D eigenvalue weighted by molar-refractivity contribution is 5.83. The summed E-state index contributed by atoms with van der Waals surface area (Å²) in [6, 6.07) is 5.19. The second kappa shape index (κ2) is 7.02. The molecular formula is C11H8F3N3O3. The molecule has 20 heavy (non-hydrogen) atoms. The topological polar surface area (TPSA) is 84.6 Å². The second-order valence-corrected chi connectivity index (χ2v) is 3.48. The van der Waals surface area contributed by atoms with Gasteiger partial charge in [-0.3, -0.25) is 14.9 Å². The van der Waals surface area contributed by atoms with Crippen molar-refractivity contribution in [2.45, 2.75) is 6.42 Å². The van der Waals surface area contributed by atoms with Crippen molar-refractivity contribution in [3.63, 3.8) is 0 Å². The van der Waals surface area contributed by atoms with Crippen molar-refractivity contribution in [1.82, 2.24) is 5.43 Å². The molecule has 0 bridgehead atoms. The van der Waals surface area contributed by atoms with Crippen molar-refractivity contribution < 1.29 is 22.9 Å². The lowest BCUT2D eigenvalue weighted by molar-refractivity contribution is -0.384. The Morgan fingerprint density at radius 3 is 2.40 bits per heavy atom. The number of nitro groups is 1. The summed E-state index contributed by atoms with van der Waals surface area (Å²) in [5.41, 5.74) is 2.16. The van der Waals surface area contributed by atoms with Crippen LogP contribution in [0.4, 0.5) is 18.9 Å². The van der Waals surface area contributed by atoms with Gasteiger partial charge in [-0.25, -0.2) is 9.82 Å². The number of amides is 1. The van der Waals surface area contributed by atoms with Crippen molar-refractivity contribution in [1.29, 1.82) is 0 Å². The lowest BCUT2D eigenvalue weighted by Crippen LogP contribution is -2.17. The molecule has 1 rings (SSSR count). The molecule has 0 atom stereocenters. The summed E-state index contributed by atoms with van der Waals surface area (Å²) in [5.74, 6) is -2.87. The molecule has 1 aromatic rings. The molecule has 0 saturated carbocycles. The second-order valence-electron chi connectivity index (χ2n) is 3.48. The van der Waals surface area contributed by atoms with Crippen LogP contribution in [-0.4, -0.2) is 17.0 Å². The van der Waals surface area contributed by atoms with Crippen molar-refractivity contribution >= 4 is 17.8 Å². The van der Waals surface area contributed by atoms with Crippen LogP contribution >= 0.6 is 0 Å². The predicted molar refractivity (Wildman–Crippen MR) is 63.8 cm³/mol. The van der Waals surface area contributed by atoms with E-state index in [1.807, 2.05) is 5.43 Å². The van der Waals surface area contributed by atoms with Crippen LogP contribution in [0.3, 0.4) is 0 Å². The standard InChI is InChI=1S/C11H8F3N3O3/c12-9(11(13)14)5-10(18)16-15-6-7-1-3-8(4-2-7)17(19)20/h1-4,6H,5H2,(H,16,18)/b15-6+. The number of nitrogens with zero attached hydrogens (tertiary/aromatic N) is 2. The van der Waals surface area contributed by atoms with Gasteiger partial charge in [0, 0.05) is 12.1 Å². The van der Waals surface area contributed by atoms with Gasteiger partial charge in [-0.1, -0.05) is 0 Å². The van der Waals surface area contributed by atoms with Gasteiger partial charge in [-0.15, -0.1) is 0 Å². The van der Waals surface area contributed by atoms with E-state index >= 15 is 0 Å². The molecule has 0 aliphatic heterocycles. The fourth-order valence-corrected chi connectivity index (χ4v) is 1.11. The molecule has 0 aliphatic rings. The number of hydrogen-bond acceptors (Lipinski definition) is 4. The third kappa shape index (κ3) is 4.88. The molecule has 0 aliphatic carbocycles. The highest BCUT2D eigenvalue weighted by atomic mass is 19.3. The molecule has 0 aromatic heterocycles. The maximum absolute atomic E-state index is 12.4. The molecule has 106 valence electrons. The van der Waals surface area contributed by atoms with Gasteiger partial charge in [0.05, 0.1) is 17.6 Å². The van der Waals surface area contributed by atoms with Crippen LogP contribution in [0.15, 0.2) is 41.3 Å². The largest absolute Gasteiger partial charge is 0.302 e. The highest BCUT2D eigenvalue weighted by Crippen LogP contribution is 2.12. The summed E-state index contributed by atoms with van der Waals surface area (Å²) in [5, 5.41) is 13.8. The highest BCUT2D eigenvalue weighted by Gasteiger charge is 2.10. The van der Waals surface area contributed by atoms with E-state index in [1.54, 1.807) is 0 Å². The minimum Gasteiger partial charge on any atom is -0.273 e. The van der Waals surface area contributed by atoms with E-state index in [0.29, 0.717) is 5.56 Å². The molecule has 0 unspecified atom stereocenters. The van der Waals surface area contributed by atoms with Crippen molar-refractivity contribution in [3.8, 4) is 0 Å². The van der Waals surface area contributed by atoms with Gasteiger partial charge in [-0.2, -0.15) is 13.9 Å². The van der Waals surface area contributed by atoms with Crippen molar-refractivity contribution in [2.24, 2.45) is 5.10 Å². The smallest absolute Gasteiger partial charge is 0.273 e. The zero-order valence-electron chi connectivity index (χ0n) is 9.85. The van der Waals surface area contributed by atoms with Crippen LogP contribution < -0.4 is 5.43 Å². The maximum Gasteiger partial charge on any atom is 0.302 e. The molecule has 0 heterocycles. The Kier molecular flexibility index (Phi) is 5.39. The number of hydrazone groups is 1. The molecule has 0 saturated heterocycles. The Hall–Kier alpha value is -2.71. The Morgan fingerprint density at radius 2 is 1.90 bits per heavy atom. The van der Waals surface area contributed by atoms with E-state index in [4.69, 9.17) is 0 Å². The molecule has 0 fully saturated rings. The number of benzene rings is 1. The molecule has 0 radical (unpaired) electrons. The molecular weight excluding hydrogens is 279 g/mol. The molecule has 6 nitrogen and oxygen atoms in total. The van der Waals surface area contributed by atoms with E-state index in [1.165, 1.54) is 24.3 Å². The number of carbonyl (C=O) groups excluding carboxylic acids is 1.